The number of hydrogen-bond donors (Lipinski definition) is 2. The molecule has 0 saturated carbocycles. The molecular weight excluding hydrogens is 358 g/mol. The number of carbonyl (C=O) groups is 1. The first kappa shape index (κ1) is 15.9. The van der Waals surface area contributed by atoms with Crippen LogP contribution in [0.1, 0.15) is 45.6 Å². The lowest BCUT2D eigenvalue weighted by atomic mass is 9.90. The number of aromatic amines is 1. The van der Waals surface area contributed by atoms with Crippen molar-refractivity contribution in [1.29, 1.82) is 0 Å². The Balaban J connectivity index is 1.79. The molecule has 2 aromatic rings. The van der Waals surface area contributed by atoms with Gasteiger partial charge in [0.2, 0.25) is 0 Å². The van der Waals surface area contributed by atoms with Crippen LogP contribution in [0.25, 0.3) is 0 Å². The second kappa shape index (κ2) is 6.66. The maximum absolute atomic E-state index is 12.3. The summed E-state index contributed by atoms with van der Waals surface area (Å²) in [4.78, 5) is 31.5. The van der Waals surface area contributed by atoms with Crippen molar-refractivity contribution in [2.24, 2.45) is 0 Å². The van der Waals surface area contributed by atoms with E-state index in [1.54, 1.807) is 12.1 Å². The number of hydrogen-bond acceptors (Lipinski definition) is 3. The van der Waals surface area contributed by atoms with Gasteiger partial charge < -0.3 is 10.3 Å². The van der Waals surface area contributed by atoms with Crippen LogP contribution in [0.5, 0.6) is 0 Å². The third-order valence-corrected chi connectivity index (χ3v) is 4.80. The summed E-state index contributed by atoms with van der Waals surface area (Å²) in [5.74, 6) is -0.235. The van der Waals surface area contributed by atoms with Crippen molar-refractivity contribution < 1.29 is 4.79 Å². The Kier molecular flexibility index (Phi) is 4.61. The van der Waals surface area contributed by atoms with Gasteiger partial charge in [-0.05, 0) is 71.8 Å². The fourth-order valence-electron chi connectivity index (χ4n) is 3.02. The van der Waals surface area contributed by atoms with Gasteiger partial charge in [-0.25, -0.2) is 4.98 Å². The second-order valence-corrected chi connectivity index (χ2v) is 6.59. The van der Waals surface area contributed by atoms with Crippen LogP contribution >= 0.6 is 15.9 Å². The third kappa shape index (κ3) is 3.37. The number of carbonyl (C=O) groups excluding carboxylic acids is 1. The summed E-state index contributed by atoms with van der Waals surface area (Å²) in [5, 5.41) is 2.81. The predicted octanol–water partition coefficient (Wildman–Crippen LogP) is 2.65. The molecule has 0 spiro atoms. The highest BCUT2D eigenvalue weighted by atomic mass is 79.9. The van der Waals surface area contributed by atoms with Crippen molar-refractivity contribution >= 4 is 21.8 Å². The van der Waals surface area contributed by atoms with Crippen molar-refractivity contribution in [3.8, 4) is 0 Å². The van der Waals surface area contributed by atoms with Gasteiger partial charge in [-0.2, -0.15) is 0 Å². The minimum absolute atomic E-state index is 0.0996. The van der Waals surface area contributed by atoms with E-state index in [2.05, 4.69) is 31.2 Å². The molecule has 2 N–H and O–H groups in total. The lowest BCUT2D eigenvalue weighted by Gasteiger charge is -2.19. The molecule has 3 rings (SSSR count). The van der Waals surface area contributed by atoms with E-state index in [1.165, 1.54) is 11.8 Å². The molecule has 0 aliphatic heterocycles. The monoisotopic (exact) mass is 375 g/mol. The zero-order valence-electron chi connectivity index (χ0n) is 12.9. The standard InChI is InChI=1S/C17H18BrN3O2/c1-10-12-4-2-3-5-14(12)21-17(23)13(10)9-20-16(22)11-6-7-15(18)19-8-11/h6-8H,2-5,9H2,1H3,(H,20,22)(H,21,23). The quantitative estimate of drug-likeness (QED) is 0.809. The van der Waals surface area contributed by atoms with Crippen LogP contribution in [0.3, 0.4) is 0 Å². The van der Waals surface area contributed by atoms with E-state index >= 15 is 0 Å². The topological polar surface area (TPSA) is 74.8 Å². The van der Waals surface area contributed by atoms with Crippen LogP contribution in [0.2, 0.25) is 0 Å². The predicted molar refractivity (Wildman–Crippen MR) is 91.5 cm³/mol. The minimum atomic E-state index is -0.235. The van der Waals surface area contributed by atoms with Gasteiger partial charge >= 0.3 is 0 Å². The average molecular weight is 376 g/mol. The van der Waals surface area contributed by atoms with Crippen molar-refractivity contribution in [3.05, 3.63) is 61.2 Å². The number of pyridine rings is 2. The Labute approximate surface area is 142 Å². The lowest BCUT2D eigenvalue weighted by Crippen LogP contribution is -2.29. The average Bonchev–Trinajstić information content (AvgIpc) is 2.55. The molecular formula is C17H18BrN3O2. The molecule has 0 saturated heterocycles. The van der Waals surface area contributed by atoms with Crippen molar-refractivity contribution in [3.63, 3.8) is 0 Å². The highest BCUT2D eigenvalue weighted by molar-refractivity contribution is 9.10. The van der Waals surface area contributed by atoms with Crippen LogP contribution in [0.4, 0.5) is 0 Å². The molecule has 5 nitrogen and oxygen atoms in total. The SMILES string of the molecule is Cc1c2c([nH]c(=O)c1CNC(=O)c1ccc(Br)nc1)CCCC2. The molecule has 0 radical (unpaired) electrons. The van der Waals surface area contributed by atoms with Crippen LogP contribution in [-0.4, -0.2) is 15.9 Å². The normalized spacial score (nSPS) is 13.5. The third-order valence-electron chi connectivity index (χ3n) is 4.33. The summed E-state index contributed by atoms with van der Waals surface area (Å²) in [7, 11) is 0. The number of amides is 1. The largest absolute Gasteiger partial charge is 0.348 e. The van der Waals surface area contributed by atoms with Gasteiger partial charge in [0.15, 0.2) is 0 Å². The summed E-state index contributed by atoms with van der Waals surface area (Å²) in [6.07, 6.45) is 5.70. The molecule has 0 fully saturated rings. The second-order valence-electron chi connectivity index (χ2n) is 5.77. The Hall–Kier alpha value is -1.95. The maximum Gasteiger partial charge on any atom is 0.253 e. The van der Waals surface area contributed by atoms with E-state index in [9.17, 15) is 9.59 Å². The zero-order chi connectivity index (χ0) is 16.4. The van der Waals surface area contributed by atoms with Gasteiger partial charge in [-0.15, -0.1) is 0 Å². The molecule has 1 aliphatic carbocycles. The van der Waals surface area contributed by atoms with E-state index in [4.69, 9.17) is 0 Å². The Morgan fingerprint density at radius 2 is 2.13 bits per heavy atom. The summed E-state index contributed by atoms with van der Waals surface area (Å²) < 4.78 is 0.677. The molecule has 6 heteroatoms. The number of nitrogens with one attached hydrogen (secondary N) is 2. The van der Waals surface area contributed by atoms with Gasteiger partial charge in [-0.1, -0.05) is 0 Å². The number of nitrogens with zero attached hydrogens (tertiary/aromatic N) is 1. The zero-order valence-corrected chi connectivity index (χ0v) is 14.5. The van der Waals surface area contributed by atoms with Gasteiger partial charge in [-0.3, -0.25) is 9.59 Å². The molecule has 1 aliphatic rings. The molecule has 0 aromatic carbocycles. The molecule has 120 valence electrons. The first-order valence-corrected chi connectivity index (χ1v) is 8.49. The van der Waals surface area contributed by atoms with Gasteiger partial charge in [0.05, 0.1) is 5.56 Å². The van der Waals surface area contributed by atoms with Gasteiger partial charge in [0.1, 0.15) is 4.60 Å². The molecule has 2 aromatic heterocycles. The fourth-order valence-corrected chi connectivity index (χ4v) is 3.25. The summed E-state index contributed by atoms with van der Waals surface area (Å²) >= 11 is 3.24. The molecule has 0 unspecified atom stereocenters. The van der Waals surface area contributed by atoms with E-state index < -0.39 is 0 Å². The molecule has 0 bridgehead atoms. The van der Waals surface area contributed by atoms with E-state index in [-0.39, 0.29) is 18.0 Å². The van der Waals surface area contributed by atoms with Crippen LogP contribution in [0, 0.1) is 6.92 Å². The van der Waals surface area contributed by atoms with Crippen LogP contribution in [-0.2, 0) is 19.4 Å². The summed E-state index contributed by atoms with van der Waals surface area (Å²) in [5.41, 5.74) is 4.33. The Morgan fingerprint density at radius 3 is 2.87 bits per heavy atom. The lowest BCUT2D eigenvalue weighted by molar-refractivity contribution is 0.0950. The number of aromatic nitrogens is 2. The number of halogens is 1. The van der Waals surface area contributed by atoms with Crippen molar-refractivity contribution in [2.75, 3.05) is 0 Å². The van der Waals surface area contributed by atoms with E-state index in [0.29, 0.717) is 15.7 Å². The molecule has 2 heterocycles. The smallest absolute Gasteiger partial charge is 0.253 e. The minimum Gasteiger partial charge on any atom is -0.348 e. The fraction of sp³-hybridized carbons (Fsp3) is 0.353. The van der Waals surface area contributed by atoms with Gasteiger partial charge in [0, 0.05) is 24.0 Å². The first-order valence-electron chi connectivity index (χ1n) is 7.69. The molecule has 0 atom stereocenters. The number of aryl methyl sites for hydroxylation is 1. The Morgan fingerprint density at radius 1 is 1.35 bits per heavy atom. The Bertz CT molecular complexity index is 797. The number of fused-ring (bicyclic) bond motifs is 1. The summed E-state index contributed by atoms with van der Waals surface area (Å²) in [6.45, 7) is 2.20. The van der Waals surface area contributed by atoms with Gasteiger partial charge in [0.25, 0.3) is 11.5 Å². The van der Waals surface area contributed by atoms with E-state index in [1.807, 2.05) is 6.92 Å². The van der Waals surface area contributed by atoms with Crippen LogP contribution < -0.4 is 10.9 Å². The van der Waals surface area contributed by atoms with Crippen molar-refractivity contribution in [2.45, 2.75) is 39.2 Å². The maximum atomic E-state index is 12.3. The first-order chi connectivity index (χ1) is 11.1. The highest BCUT2D eigenvalue weighted by Crippen LogP contribution is 2.22. The highest BCUT2D eigenvalue weighted by Gasteiger charge is 2.17. The number of rotatable bonds is 3. The van der Waals surface area contributed by atoms with Crippen molar-refractivity contribution in [1.82, 2.24) is 15.3 Å². The van der Waals surface area contributed by atoms with E-state index in [0.717, 1.165) is 36.9 Å². The van der Waals surface area contributed by atoms with Crippen LogP contribution in [0.15, 0.2) is 27.7 Å². The number of H-pyrrole nitrogens is 1. The molecule has 1 amide bonds. The summed E-state index contributed by atoms with van der Waals surface area (Å²) in [6, 6.07) is 3.40. The molecule has 23 heavy (non-hydrogen) atoms.